The summed E-state index contributed by atoms with van der Waals surface area (Å²) in [4.78, 5) is 27.4. The zero-order chi connectivity index (χ0) is 21.3. The van der Waals surface area contributed by atoms with Gasteiger partial charge in [-0.15, -0.1) is 0 Å². The van der Waals surface area contributed by atoms with Gasteiger partial charge in [0, 0.05) is 47.7 Å². The van der Waals surface area contributed by atoms with E-state index < -0.39 is 0 Å². The van der Waals surface area contributed by atoms with Crippen molar-refractivity contribution in [1.29, 1.82) is 0 Å². The first-order valence-electron chi connectivity index (χ1n) is 9.65. The number of nitrogens with zero attached hydrogens (tertiary/aromatic N) is 3. The molecule has 154 valence electrons. The molecule has 3 aromatic rings. The second-order valence-corrected chi connectivity index (χ2v) is 7.71. The Hall–Kier alpha value is -3.32. The minimum Gasteiger partial charge on any atom is -0.321 e. The van der Waals surface area contributed by atoms with Crippen LogP contribution in [-0.2, 0) is 20.0 Å². The molecular weight excluding hydrogens is 402 g/mol. The molecule has 0 unspecified atom stereocenters. The van der Waals surface area contributed by atoms with Crippen molar-refractivity contribution < 1.29 is 9.59 Å². The fraction of sp³-hybridized carbons (Fsp3) is 0.227. The van der Waals surface area contributed by atoms with E-state index in [1.54, 1.807) is 21.7 Å². The number of rotatable bonds is 3. The molecule has 1 aromatic heterocycles. The van der Waals surface area contributed by atoms with E-state index in [4.69, 9.17) is 11.6 Å². The van der Waals surface area contributed by atoms with Crippen molar-refractivity contribution in [1.82, 2.24) is 14.7 Å². The molecule has 7 nitrogen and oxygen atoms in total. The fourth-order valence-electron chi connectivity index (χ4n) is 3.58. The number of halogens is 1. The molecule has 0 saturated heterocycles. The molecule has 0 atom stereocenters. The molecule has 0 aliphatic carbocycles. The predicted molar refractivity (Wildman–Crippen MR) is 117 cm³/mol. The predicted octanol–water partition coefficient (Wildman–Crippen LogP) is 4.22. The van der Waals surface area contributed by atoms with Gasteiger partial charge in [0.2, 0.25) is 0 Å². The number of aryl methyl sites for hydroxylation is 2. The molecule has 0 fully saturated rings. The Labute approximate surface area is 179 Å². The Balaban J connectivity index is 1.53. The molecule has 2 aromatic carbocycles. The van der Waals surface area contributed by atoms with E-state index in [0.717, 1.165) is 16.8 Å². The average Bonchev–Trinajstić information content (AvgIpc) is 3.07. The van der Waals surface area contributed by atoms with Gasteiger partial charge >= 0.3 is 6.03 Å². The third-order valence-electron chi connectivity index (χ3n) is 5.22. The van der Waals surface area contributed by atoms with Crippen molar-refractivity contribution in [3.8, 4) is 0 Å². The van der Waals surface area contributed by atoms with Crippen LogP contribution in [0.2, 0.25) is 5.02 Å². The van der Waals surface area contributed by atoms with Crippen LogP contribution in [0.5, 0.6) is 0 Å². The monoisotopic (exact) mass is 423 g/mol. The van der Waals surface area contributed by atoms with Gasteiger partial charge in [-0.2, -0.15) is 5.10 Å². The zero-order valence-electron chi connectivity index (χ0n) is 16.8. The fourth-order valence-corrected chi connectivity index (χ4v) is 3.76. The first-order chi connectivity index (χ1) is 14.4. The highest BCUT2D eigenvalue weighted by Gasteiger charge is 2.29. The number of hydrogen-bond acceptors (Lipinski definition) is 3. The Morgan fingerprint density at radius 2 is 1.87 bits per heavy atom. The number of urea groups is 1. The summed E-state index contributed by atoms with van der Waals surface area (Å²) in [6.45, 7) is 2.76. The molecular formula is C22H22ClN5O2. The molecule has 0 bridgehead atoms. The van der Waals surface area contributed by atoms with Gasteiger partial charge < -0.3 is 15.5 Å². The number of benzene rings is 2. The molecule has 0 saturated carbocycles. The highest BCUT2D eigenvalue weighted by Crippen LogP contribution is 2.25. The largest absolute Gasteiger partial charge is 0.322 e. The summed E-state index contributed by atoms with van der Waals surface area (Å²) in [6, 6.07) is 14.4. The van der Waals surface area contributed by atoms with Crippen LogP contribution in [0.1, 0.15) is 27.3 Å². The summed E-state index contributed by atoms with van der Waals surface area (Å²) in [5, 5.41) is 10.8. The quantitative estimate of drug-likeness (QED) is 0.661. The summed E-state index contributed by atoms with van der Waals surface area (Å²) >= 11 is 6.06. The second kappa shape index (κ2) is 8.20. The van der Waals surface area contributed by atoms with Crippen LogP contribution in [0.15, 0.2) is 48.5 Å². The van der Waals surface area contributed by atoms with E-state index in [-0.39, 0.29) is 11.9 Å². The van der Waals surface area contributed by atoms with Gasteiger partial charge in [-0.25, -0.2) is 4.79 Å². The lowest BCUT2D eigenvalue weighted by Gasteiger charge is -2.28. The minimum absolute atomic E-state index is 0.232. The van der Waals surface area contributed by atoms with Crippen molar-refractivity contribution in [2.24, 2.45) is 7.05 Å². The number of hydrogen-bond donors (Lipinski definition) is 2. The van der Waals surface area contributed by atoms with E-state index in [2.05, 4.69) is 15.7 Å². The van der Waals surface area contributed by atoms with Crippen molar-refractivity contribution >= 4 is 34.9 Å². The number of aromatic nitrogens is 2. The smallest absolute Gasteiger partial charge is 0.321 e. The van der Waals surface area contributed by atoms with E-state index in [9.17, 15) is 9.59 Å². The standard InChI is InChI=1S/C22H22ClN5O2/c1-14-8-9-15(23)12-18(14)25-22(30)28-11-10-19-17(13-28)20(26-27(19)2)21(29)24-16-6-4-3-5-7-16/h3-9,12H,10-11,13H2,1-2H3,(H,24,29)(H,25,30). The van der Waals surface area contributed by atoms with Gasteiger partial charge in [-0.1, -0.05) is 35.9 Å². The summed E-state index contributed by atoms with van der Waals surface area (Å²) in [6.07, 6.45) is 0.624. The topological polar surface area (TPSA) is 79.3 Å². The highest BCUT2D eigenvalue weighted by atomic mass is 35.5. The van der Waals surface area contributed by atoms with Crippen molar-refractivity contribution in [3.63, 3.8) is 0 Å². The van der Waals surface area contributed by atoms with Crippen LogP contribution < -0.4 is 10.6 Å². The number of carbonyl (C=O) groups excluding carboxylic acids is 2. The molecule has 1 aliphatic heterocycles. The van der Waals surface area contributed by atoms with E-state index in [1.165, 1.54) is 0 Å². The maximum absolute atomic E-state index is 12.9. The molecule has 30 heavy (non-hydrogen) atoms. The van der Waals surface area contributed by atoms with Crippen LogP contribution in [0.3, 0.4) is 0 Å². The van der Waals surface area contributed by atoms with Crippen molar-refractivity contribution in [3.05, 3.63) is 76.1 Å². The average molecular weight is 424 g/mol. The van der Waals surface area contributed by atoms with Gasteiger partial charge in [-0.05, 0) is 36.8 Å². The molecule has 1 aliphatic rings. The number of nitrogens with one attached hydrogen (secondary N) is 2. The molecule has 2 heterocycles. The minimum atomic E-state index is -0.286. The lowest BCUT2D eigenvalue weighted by Crippen LogP contribution is -2.39. The van der Waals surface area contributed by atoms with Gasteiger partial charge in [0.25, 0.3) is 5.91 Å². The third-order valence-corrected chi connectivity index (χ3v) is 5.45. The Morgan fingerprint density at radius 1 is 1.10 bits per heavy atom. The van der Waals surface area contributed by atoms with Crippen LogP contribution >= 0.6 is 11.6 Å². The summed E-state index contributed by atoms with van der Waals surface area (Å²) in [5.74, 6) is -0.286. The first-order valence-corrected chi connectivity index (χ1v) is 10.0. The third kappa shape index (κ3) is 4.02. The van der Waals surface area contributed by atoms with Gasteiger partial charge in [0.05, 0.1) is 6.54 Å². The Bertz CT molecular complexity index is 1110. The first kappa shape index (κ1) is 20.0. The molecule has 4 rings (SSSR count). The zero-order valence-corrected chi connectivity index (χ0v) is 17.5. The van der Waals surface area contributed by atoms with Gasteiger partial charge in [0.1, 0.15) is 0 Å². The SMILES string of the molecule is Cc1ccc(Cl)cc1NC(=O)N1CCc2c(c(C(=O)Nc3ccccc3)nn2C)C1. The summed E-state index contributed by atoms with van der Waals surface area (Å²) in [7, 11) is 1.82. The normalized spacial score (nSPS) is 13.0. The maximum Gasteiger partial charge on any atom is 0.322 e. The van der Waals surface area contributed by atoms with E-state index in [1.807, 2.05) is 50.4 Å². The molecule has 2 N–H and O–H groups in total. The van der Waals surface area contributed by atoms with Gasteiger partial charge in [-0.3, -0.25) is 9.48 Å². The number of para-hydroxylation sites is 1. The molecule has 0 radical (unpaired) electrons. The Kier molecular flexibility index (Phi) is 5.46. The maximum atomic E-state index is 12.9. The van der Waals surface area contributed by atoms with Crippen LogP contribution in [0, 0.1) is 6.92 Å². The van der Waals surface area contributed by atoms with E-state index >= 15 is 0 Å². The summed E-state index contributed by atoms with van der Waals surface area (Å²) in [5.41, 5.74) is 4.38. The Morgan fingerprint density at radius 3 is 2.63 bits per heavy atom. The number of carbonyl (C=O) groups is 2. The highest BCUT2D eigenvalue weighted by molar-refractivity contribution is 6.31. The molecule has 0 spiro atoms. The van der Waals surface area contributed by atoms with Crippen LogP contribution in [-0.4, -0.2) is 33.2 Å². The molecule has 3 amide bonds. The van der Waals surface area contributed by atoms with Crippen molar-refractivity contribution in [2.75, 3.05) is 17.2 Å². The van der Waals surface area contributed by atoms with Gasteiger partial charge in [0.15, 0.2) is 5.69 Å². The number of fused-ring (bicyclic) bond motifs is 1. The van der Waals surface area contributed by atoms with Crippen LogP contribution in [0.4, 0.5) is 16.2 Å². The lowest BCUT2D eigenvalue weighted by molar-refractivity contribution is 0.101. The summed E-state index contributed by atoms with van der Waals surface area (Å²) < 4.78 is 1.73. The second-order valence-electron chi connectivity index (χ2n) is 7.28. The van der Waals surface area contributed by atoms with Crippen molar-refractivity contribution in [2.45, 2.75) is 19.9 Å². The van der Waals surface area contributed by atoms with E-state index in [0.29, 0.717) is 41.6 Å². The molecule has 8 heteroatoms. The van der Waals surface area contributed by atoms with Crippen LogP contribution in [0.25, 0.3) is 0 Å². The number of anilines is 2. The number of amides is 3. The lowest BCUT2D eigenvalue weighted by atomic mass is 10.0.